The normalized spacial score (nSPS) is 13.0. The molecule has 3 atom stereocenters. The number of Topliss-reactive ketones (excluding diaryl/α,β-unsaturated/α-hetero) is 1. The van der Waals surface area contributed by atoms with Crippen LogP contribution in [0.15, 0.2) is 83.3 Å². The van der Waals surface area contributed by atoms with Crippen LogP contribution in [-0.4, -0.2) is 53.6 Å². The van der Waals surface area contributed by atoms with E-state index >= 15 is 0 Å². The number of carboxylic acid groups (broad SMARTS) is 1. The average molecular weight is 670 g/mol. The Morgan fingerprint density at radius 3 is 2.09 bits per heavy atom. The Kier molecular flexibility index (Phi) is 13.3. The minimum absolute atomic E-state index is 0.0354. The molecular weight excluding hydrogens is 632 g/mol. The van der Waals surface area contributed by atoms with E-state index in [0.29, 0.717) is 23.5 Å². The smallest absolute Gasteiger partial charge is 0.305 e. The summed E-state index contributed by atoms with van der Waals surface area (Å²) >= 11 is 4.83. The summed E-state index contributed by atoms with van der Waals surface area (Å²) in [5.74, 6) is -2.52. The van der Waals surface area contributed by atoms with Crippen LogP contribution in [0, 0.1) is 5.92 Å². The van der Waals surface area contributed by atoms with Gasteiger partial charge in [0.15, 0.2) is 5.78 Å². The Morgan fingerprint density at radius 1 is 0.884 bits per heavy atom. The van der Waals surface area contributed by atoms with Gasteiger partial charge in [-0.15, -0.1) is 11.8 Å². The maximum Gasteiger partial charge on any atom is 0.305 e. The zero-order valence-electron chi connectivity index (χ0n) is 24.4. The van der Waals surface area contributed by atoms with Crippen LogP contribution in [0.2, 0.25) is 0 Å². The molecule has 0 heterocycles. The van der Waals surface area contributed by atoms with Crippen molar-refractivity contribution < 1.29 is 29.0 Å². The number of rotatable bonds is 16. The summed E-state index contributed by atoms with van der Waals surface area (Å²) in [6, 6.07) is 22.3. The number of aliphatic carboxylic acids is 1. The molecule has 3 rings (SSSR count). The number of thioether (sulfide) groups is 1. The SMILES string of the molecule is COc1ccc(Br)cc1[C@@H](Cc1ccccc1)C(=O)N[C@H](C(=O)N[C@@H](CC(=O)O)C(=O)CSCc1ccccc1)C(C)C. The van der Waals surface area contributed by atoms with E-state index in [4.69, 9.17) is 4.74 Å². The molecule has 8 nitrogen and oxygen atoms in total. The van der Waals surface area contributed by atoms with Gasteiger partial charge < -0.3 is 20.5 Å². The van der Waals surface area contributed by atoms with Gasteiger partial charge in [-0.3, -0.25) is 19.2 Å². The lowest BCUT2D eigenvalue weighted by molar-refractivity contribution is -0.140. The number of carbonyl (C=O) groups excluding carboxylic acids is 3. The quantitative estimate of drug-likeness (QED) is 0.187. The highest BCUT2D eigenvalue weighted by Crippen LogP contribution is 2.32. The van der Waals surface area contributed by atoms with Gasteiger partial charge in [0.1, 0.15) is 11.8 Å². The van der Waals surface area contributed by atoms with Gasteiger partial charge >= 0.3 is 5.97 Å². The van der Waals surface area contributed by atoms with Gasteiger partial charge in [-0.25, -0.2) is 0 Å². The number of nitrogens with one attached hydrogen (secondary N) is 2. The molecular formula is C33H37BrN2O6S. The molecule has 0 unspecified atom stereocenters. The van der Waals surface area contributed by atoms with Crippen LogP contribution in [-0.2, 0) is 31.4 Å². The summed E-state index contributed by atoms with van der Waals surface area (Å²) < 4.78 is 6.34. The van der Waals surface area contributed by atoms with Crippen LogP contribution >= 0.6 is 27.7 Å². The number of carbonyl (C=O) groups is 4. The Morgan fingerprint density at radius 2 is 1.51 bits per heavy atom. The Balaban J connectivity index is 1.78. The minimum Gasteiger partial charge on any atom is -0.496 e. The van der Waals surface area contributed by atoms with Gasteiger partial charge in [0.05, 0.1) is 31.2 Å². The molecule has 0 saturated heterocycles. The van der Waals surface area contributed by atoms with Gasteiger partial charge in [-0.2, -0.15) is 0 Å². The number of methoxy groups -OCH3 is 1. The molecule has 0 bridgehead atoms. The summed E-state index contributed by atoms with van der Waals surface area (Å²) in [7, 11) is 1.53. The summed E-state index contributed by atoms with van der Waals surface area (Å²) in [5, 5.41) is 15.0. The molecule has 3 aromatic carbocycles. The summed E-state index contributed by atoms with van der Waals surface area (Å²) in [6.45, 7) is 3.56. The molecule has 3 N–H and O–H groups in total. The highest BCUT2D eigenvalue weighted by atomic mass is 79.9. The lowest BCUT2D eigenvalue weighted by Gasteiger charge is -2.27. The van der Waals surface area contributed by atoms with E-state index in [1.165, 1.54) is 18.9 Å². The molecule has 0 aromatic heterocycles. The van der Waals surface area contributed by atoms with E-state index in [-0.39, 0.29) is 11.7 Å². The number of amides is 2. The predicted molar refractivity (Wildman–Crippen MR) is 172 cm³/mol. The molecule has 0 aliphatic heterocycles. The van der Waals surface area contributed by atoms with Crippen molar-refractivity contribution in [2.75, 3.05) is 12.9 Å². The van der Waals surface area contributed by atoms with Gasteiger partial charge in [0.2, 0.25) is 11.8 Å². The third-order valence-electron chi connectivity index (χ3n) is 6.85. The Labute approximate surface area is 265 Å². The predicted octanol–water partition coefficient (Wildman–Crippen LogP) is 5.39. The van der Waals surface area contributed by atoms with Gasteiger partial charge in [0, 0.05) is 15.8 Å². The van der Waals surface area contributed by atoms with E-state index in [9.17, 15) is 24.3 Å². The van der Waals surface area contributed by atoms with Crippen LogP contribution in [0.1, 0.15) is 42.9 Å². The third kappa shape index (κ3) is 10.5. The maximum atomic E-state index is 13.9. The van der Waals surface area contributed by atoms with E-state index in [2.05, 4.69) is 26.6 Å². The maximum absolute atomic E-state index is 13.9. The second kappa shape index (κ2) is 16.9. The first-order valence-corrected chi connectivity index (χ1v) is 15.9. The van der Waals surface area contributed by atoms with E-state index in [1.54, 1.807) is 19.9 Å². The molecule has 2 amide bonds. The molecule has 10 heteroatoms. The molecule has 0 fully saturated rings. The van der Waals surface area contributed by atoms with Crippen LogP contribution in [0.4, 0.5) is 0 Å². The fourth-order valence-electron chi connectivity index (χ4n) is 4.59. The highest BCUT2D eigenvalue weighted by molar-refractivity contribution is 9.10. The number of hydrogen-bond donors (Lipinski definition) is 3. The van der Waals surface area contributed by atoms with E-state index in [0.717, 1.165) is 15.6 Å². The summed E-state index contributed by atoms with van der Waals surface area (Å²) in [6.07, 6.45) is -0.203. The molecule has 228 valence electrons. The first-order chi connectivity index (χ1) is 20.6. The molecule has 0 radical (unpaired) electrons. The molecule has 3 aromatic rings. The van der Waals surface area contributed by atoms with Crippen molar-refractivity contribution in [3.63, 3.8) is 0 Å². The van der Waals surface area contributed by atoms with Gasteiger partial charge in [0.25, 0.3) is 0 Å². The van der Waals surface area contributed by atoms with Crippen LogP contribution in [0.25, 0.3) is 0 Å². The van der Waals surface area contributed by atoms with Crippen molar-refractivity contribution in [2.24, 2.45) is 5.92 Å². The standard InChI is InChI=1S/C33H37BrN2O6S/c1-21(2)31(33(41)35-27(18-30(38)39)28(37)20-43-19-23-12-8-5-9-13-23)36-32(40)26(16-22-10-6-4-7-11-22)25-17-24(34)14-15-29(25)42-3/h4-15,17,21,26-27,31H,16,18-20H2,1-3H3,(H,35,41)(H,36,40)(H,38,39)/t26-,27+,31+/m1/s1. The number of ketones is 1. The van der Waals surface area contributed by atoms with E-state index in [1.807, 2.05) is 72.8 Å². The zero-order valence-corrected chi connectivity index (χ0v) is 26.8. The molecule has 0 spiro atoms. The van der Waals surface area contributed by atoms with Crippen LogP contribution in [0.3, 0.4) is 0 Å². The highest BCUT2D eigenvalue weighted by Gasteiger charge is 2.33. The molecule has 0 saturated carbocycles. The largest absolute Gasteiger partial charge is 0.496 e. The number of ether oxygens (including phenoxy) is 1. The van der Waals surface area contributed by atoms with Crippen molar-refractivity contribution in [3.8, 4) is 5.75 Å². The topological polar surface area (TPSA) is 122 Å². The first-order valence-electron chi connectivity index (χ1n) is 13.9. The molecule has 0 aliphatic carbocycles. The number of halogens is 1. The Bertz CT molecular complexity index is 1390. The van der Waals surface area contributed by atoms with Crippen LogP contribution in [0.5, 0.6) is 5.75 Å². The fraction of sp³-hybridized carbons (Fsp3) is 0.333. The average Bonchev–Trinajstić information content (AvgIpc) is 2.98. The Hall–Kier alpha value is -3.63. The van der Waals surface area contributed by atoms with Crippen LogP contribution < -0.4 is 15.4 Å². The van der Waals surface area contributed by atoms with Gasteiger partial charge in [-0.05, 0) is 41.7 Å². The number of benzene rings is 3. The zero-order chi connectivity index (χ0) is 31.4. The van der Waals surface area contributed by atoms with Gasteiger partial charge in [-0.1, -0.05) is 90.4 Å². The lowest BCUT2D eigenvalue weighted by Crippen LogP contribution is -2.55. The summed E-state index contributed by atoms with van der Waals surface area (Å²) in [4.78, 5) is 52.0. The number of hydrogen-bond acceptors (Lipinski definition) is 6. The lowest BCUT2D eigenvalue weighted by atomic mass is 9.89. The molecule has 0 aliphatic rings. The third-order valence-corrected chi connectivity index (χ3v) is 8.37. The minimum atomic E-state index is -1.23. The van der Waals surface area contributed by atoms with E-state index < -0.39 is 48.0 Å². The van der Waals surface area contributed by atoms with Crippen molar-refractivity contribution in [1.82, 2.24) is 10.6 Å². The second-order valence-electron chi connectivity index (χ2n) is 10.5. The fourth-order valence-corrected chi connectivity index (χ4v) is 5.90. The number of carboxylic acids is 1. The van der Waals surface area contributed by atoms with Crippen molar-refractivity contribution >= 4 is 51.3 Å². The van der Waals surface area contributed by atoms with Crippen molar-refractivity contribution in [2.45, 2.75) is 50.4 Å². The first kappa shape index (κ1) is 33.9. The second-order valence-corrected chi connectivity index (χ2v) is 12.4. The van der Waals surface area contributed by atoms with Crippen molar-refractivity contribution in [1.29, 1.82) is 0 Å². The van der Waals surface area contributed by atoms with Crippen molar-refractivity contribution in [3.05, 3.63) is 100 Å². The monoisotopic (exact) mass is 668 g/mol. The summed E-state index contributed by atoms with van der Waals surface area (Å²) in [5.41, 5.74) is 2.61. The molecule has 43 heavy (non-hydrogen) atoms.